The molecule has 3 aromatic rings. The molecule has 12 nitrogen and oxygen atoms in total. The van der Waals surface area contributed by atoms with E-state index in [-0.39, 0.29) is 23.1 Å². The largest absolute Gasteiger partial charge is 0.493 e. The van der Waals surface area contributed by atoms with Crippen molar-refractivity contribution in [1.82, 2.24) is 19.8 Å². The third-order valence-corrected chi connectivity index (χ3v) is 8.39. The number of aryl methyl sites for hydroxylation is 1. The van der Waals surface area contributed by atoms with Crippen LogP contribution in [0, 0.1) is 6.92 Å². The van der Waals surface area contributed by atoms with Gasteiger partial charge in [-0.3, -0.25) is 9.80 Å². The van der Waals surface area contributed by atoms with Gasteiger partial charge in [-0.05, 0) is 62.3 Å². The number of sulfonamides is 1. The number of likely N-dealkylation sites (tertiary alicyclic amines) is 1. The predicted molar refractivity (Wildman–Crippen MR) is 141 cm³/mol. The van der Waals surface area contributed by atoms with E-state index in [0.717, 1.165) is 11.3 Å². The van der Waals surface area contributed by atoms with E-state index in [4.69, 9.17) is 18.7 Å². The molecule has 0 spiro atoms. The zero-order valence-electron chi connectivity index (χ0n) is 22.0. The third-order valence-electron chi connectivity index (χ3n) is 6.88. The quantitative estimate of drug-likeness (QED) is 0.418. The van der Waals surface area contributed by atoms with Crippen molar-refractivity contribution in [2.45, 2.75) is 36.8 Å². The molecule has 0 radical (unpaired) electrons. The first-order valence-corrected chi connectivity index (χ1v) is 14.1. The molecule has 1 unspecified atom stereocenters. The van der Waals surface area contributed by atoms with Crippen molar-refractivity contribution < 1.29 is 31.9 Å². The molecule has 2 aliphatic rings. The molecule has 0 aliphatic carbocycles. The maximum Gasteiger partial charge on any atom is 0.414 e. The first kappa shape index (κ1) is 26.9. The normalized spacial score (nSPS) is 18.8. The molecule has 0 bridgehead atoms. The van der Waals surface area contributed by atoms with Gasteiger partial charge in [-0.15, -0.1) is 0 Å². The highest BCUT2D eigenvalue weighted by atomic mass is 32.2. The van der Waals surface area contributed by atoms with Crippen LogP contribution < -0.4 is 19.1 Å². The average Bonchev–Trinajstić information content (AvgIpc) is 3.54. The van der Waals surface area contributed by atoms with Crippen molar-refractivity contribution >= 4 is 21.8 Å². The number of carbonyl (C=O) groups excluding carboxylic acids is 1. The van der Waals surface area contributed by atoms with Crippen molar-refractivity contribution in [2.75, 3.05) is 45.3 Å². The summed E-state index contributed by atoms with van der Waals surface area (Å²) in [5, 5.41) is 3.91. The number of benzene rings is 2. The van der Waals surface area contributed by atoms with E-state index in [1.165, 1.54) is 26.4 Å². The Bertz CT molecular complexity index is 1420. The Morgan fingerprint density at radius 3 is 2.41 bits per heavy atom. The molecule has 1 aromatic heterocycles. The van der Waals surface area contributed by atoms with E-state index >= 15 is 0 Å². The Labute approximate surface area is 226 Å². The standard InChI is InChI=1S/C26H31N5O7S/c1-17-27-25(28-38-17)18-4-6-20(7-5-18)31-16-21(37-26(31)32)15-30-12-10-19(11-13-30)29-39(33,34)22-8-9-23(35-2)24(14-22)36-3/h4-9,14,19,21,29H,10-13,15-16H2,1-3H3. The number of ether oxygens (including phenoxy) is 3. The number of nitrogens with one attached hydrogen (secondary N) is 1. The number of hydrogen-bond donors (Lipinski definition) is 1. The van der Waals surface area contributed by atoms with Crippen LogP contribution in [0.15, 0.2) is 51.9 Å². The van der Waals surface area contributed by atoms with Gasteiger partial charge >= 0.3 is 6.09 Å². The summed E-state index contributed by atoms with van der Waals surface area (Å²) in [6.07, 6.45) is 0.625. The highest BCUT2D eigenvalue weighted by molar-refractivity contribution is 7.89. The summed E-state index contributed by atoms with van der Waals surface area (Å²) in [5.74, 6) is 1.80. The Morgan fingerprint density at radius 2 is 1.77 bits per heavy atom. The maximum atomic E-state index is 12.9. The first-order valence-electron chi connectivity index (χ1n) is 12.6. The second-order valence-corrected chi connectivity index (χ2v) is 11.2. The number of cyclic esters (lactones) is 1. The molecule has 13 heteroatoms. The van der Waals surface area contributed by atoms with Crippen molar-refractivity contribution in [3.63, 3.8) is 0 Å². The van der Waals surface area contributed by atoms with Crippen molar-refractivity contribution in [1.29, 1.82) is 0 Å². The van der Waals surface area contributed by atoms with Gasteiger partial charge in [0, 0.05) is 36.8 Å². The number of hydrogen-bond acceptors (Lipinski definition) is 10. The number of rotatable bonds is 9. The van der Waals surface area contributed by atoms with Gasteiger partial charge in [-0.25, -0.2) is 17.9 Å². The summed E-state index contributed by atoms with van der Waals surface area (Å²) in [6.45, 7) is 4.12. The number of amides is 1. The van der Waals surface area contributed by atoms with Gasteiger partial charge < -0.3 is 18.7 Å². The van der Waals surface area contributed by atoms with E-state index in [9.17, 15) is 13.2 Å². The number of carbonyl (C=O) groups is 1. The Morgan fingerprint density at radius 1 is 1.05 bits per heavy atom. The lowest BCUT2D eigenvalue weighted by Crippen LogP contribution is -2.46. The van der Waals surface area contributed by atoms with E-state index in [1.54, 1.807) is 17.9 Å². The van der Waals surface area contributed by atoms with Gasteiger partial charge in [0.25, 0.3) is 0 Å². The molecule has 0 saturated carbocycles. The highest BCUT2D eigenvalue weighted by Gasteiger charge is 2.35. The minimum atomic E-state index is -3.72. The summed E-state index contributed by atoms with van der Waals surface area (Å²) in [7, 11) is -0.751. The van der Waals surface area contributed by atoms with E-state index in [0.29, 0.717) is 62.2 Å². The monoisotopic (exact) mass is 557 g/mol. The van der Waals surface area contributed by atoms with Crippen LogP contribution in [0.1, 0.15) is 18.7 Å². The number of aromatic nitrogens is 2. The summed E-state index contributed by atoms with van der Waals surface area (Å²) in [4.78, 5) is 20.7. The van der Waals surface area contributed by atoms with Crippen molar-refractivity contribution in [3.05, 3.63) is 48.4 Å². The zero-order chi connectivity index (χ0) is 27.6. The topological polar surface area (TPSA) is 136 Å². The lowest BCUT2D eigenvalue weighted by Gasteiger charge is -2.33. The molecule has 2 fully saturated rings. The van der Waals surface area contributed by atoms with Gasteiger partial charge in [-0.2, -0.15) is 4.98 Å². The molecule has 2 aliphatic heterocycles. The molecule has 5 rings (SSSR count). The van der Waals surface area contributed by atoms with Crippen molar-refractivity contribution in [2.24, 2.45) is 0 Å². The number of piperidine rings is 1. The van der Waals surface area contributed by atoms with Crippen LogP contribution in [0.2, 0.25) is 0 Å². The van der Waals surface area contributed by atoms with Crippen LogP contribution in [0.3, 0.4) is 0 Å². The molecule has 1 N–H and O–H groups in total. The minimum Gasteiger partial charge on any atom is -0.493 e. The predicted octanol–water partition coefficient (Wildman–Crippen LogP) is 2.83. The van der Waals surface area contributed by atoms with Gasteiger partial charge in [0.2, 0.25) is 21.7 Å². The second-order valence-electron chi connectivity index (χ2n) is 9.51. The lowest BCUT2D eigenvalue weighted by molar-refractivity contribution is 0.0968. The molecular weight excluding hydrogens is 526 g/mol. The zero-order valence-corrected chi connectivity index (χ0v) is 22.8. The van der Waals surface area contributed by atoms with Crippen LogP contribution in [0.25, 0.3) is 11.4 Å². The van der Waals surface area contributed by atoms with Crippen LogP contribution >= 0.6 is 0 Å². The molecule has 2 aromatic carbocycles. The van der Waals surface area contributed by atoms with E-state index in [1.807, 2.05) is 24.3 Å². The van der Waals surface area contributed by atoms with Gasteiger partial charge in [0.15, 0.2) is 11.5 Å². The number of methoxy groups -OCH3 is 2. The molecule has 2 saturated heterocycles. The molecule has 3 heterocycles. The van der Waals surface area contributed by atoms with E-state index < -0.39 is 10.0 Å². The lowest BCUT2D eigenvalue weighted by atomic mass is 10.1. The van der Waals surface area contributed by atoms with Gasteiger partial charge in [-0.1, -0.05) is 5.16 Å². The number of anilines is 1. The molecule has 1 atom stereocenters. The first-order chi connectivity index (χ1) is 18.8. The van der Waals surface area contributed by atoms with Crippen LogP contribution in [-0.2, 0) is 14.8 Å². The Kier molecular flexibility index (Phi) is 7.73. The van der Waals surface area contributed by atoms with Crippen LogP contribution in [0.5, 0.6) is 11.5 Å². The van der Waals surface area contributed by atoms with Crippen molar-refractivity contribution in [3.8, 4) is 22.9 Å². The Balaban J connectivity index is 1.12. The second kappa shape index (κ2) is 11.2. The molecular formula is C26H31N5O7S. The van der Waals surface area contributed by atoms with Gasteiger partial charge in [0.05, 0.1) is 25.7 Å². The summed E-state index contributed by atoms with van der Waals surface area (Å²) >= 11 is 0. The molecule has 1 amide bonds. The fourth-order valence-electron chi connectivity index (χ4n) is 4.83. The SMILES string of the molecule is COc1ccc(S(=O)(=O)NC2CCN(CC3CN(c4ccc(-c5noc(C)n5)cc4)C(=O)O3)CC2)cc1OC. The highest BCUT2D eigenvalue weighted by Crippen LogP contribution is 2.30. The third kappa shape index (κ3) is 6.00. The van der Waals surface area contributed by atoms with E-state index in [2.05, 4.69) is 19.8 Å². The molecule has 208 valence electrons. The maximum absolute atomic E-state index is 12.9. The smallest absolute Gasteiger partial charge is 0.414 e. The number of nitrogens with zero attached hydrogens (tertiary/aromatic N) is 4. The fourth-order valence-corrected chi connectivity index (χ4v) is 6.15. The van der Waals surface area contributed by atoms with Crippen LogP contribution in [0.4, 0.5) is 10.5 Å². The fraction of sp³-hybridized carbons (Fsp3) is 0.423. The van der Waals surface area contributed by atoms with Gasteiger partial charge in [0.1, 0.15) is 6.10 Å². The minimum absolute atomic E-state index is 0.126. The average molecular weight is 558 g/mol. The summed E-state index contributed by atoms with van der Waals surface area (Å²) in [5.41, 5.74) is 1.53. The molecule has 39 heavy (non-hydrogen) atoms. The summed E-state index contributed by atoms with van der Waals surface area (Å²) in [6, 6.07) is 11.7. The summed E-state index contributed by atoms with van der Waals surface area (Å²) < 4.78 is 49.8. The Hall–Kier alpha value is -3.68. The van der Waals surface area contributed by atoms with Crippen LogP contribution in [-0.4, -0.2) is 82.1 Å².